The van der Waals surface area contributed by atoms with Crippen LogP contribution in [0.3, 0.4) is 0 Å². The third kappa shape index (κ3) is 2.97. The molecule has 1 aliphatic rings. The van der Waals surface area contributed by atoms with Crippen molar-refractivity contribution in [2.24, 2.45) is 5.73 Å². The number of hydrogen-bond acceptors (Lipinski definition) is 4. The minimum atomic E-state index is -0.208. The molecule has 0 saturated carbocycles. The summed E-state index contributed by atoms with van der Waals surface area (Å²) in [7, 11) is 0. The SMILES string of the molecule is CCCCn1nc(C(=O)N2c3ccccc3CC2CN)ccc1=O. The van der Waals surface area contributed by atoms with E-state index in [0.717, 1.165) is 30.5 Å². The zero-order valence-corrected chi connectivity index (χ0v) is 13.8. The number of anilines is 1. The van der Waals surface area contributed by atoms with Gasteiger partial charge < -0.3 is 10.6 Å². The molecule has 3 rings (SSSR count). The van der Waals surface area contributed by atoms with Crippen molar-refractivity contribution in [3.8, 4) is 0 Å². The molecule has 1 unspecified atom stereocenters. The Morgan fingerprint density at radius 2 is 2.08 bits per heavy atom. The van der Waals surface area contributed by atoms with E-state index in [-0.39, 0.29) is 23.2 Å². The van der Waals surface area contributed by atoms with Crippen LogP contribution in [0.25, 0.3) is 0 Å². The highest BCUT2D eigenvalue weighted by Crippen LogP contribution is 2.32. The molecule has 2 heterocycles. The van der Waals surface area contributed by atoms with Gasteiger partial charge in [0, 0.05) is 24.8 Å². The highest BCUT2D eigenvalue weighted by molar-refractivity contribution is 6.06. The maximum absolute atomic E-state index is 13.0. The Morgan fingerprint density at radius 3 is 2.83 bits per heavy atom. The zero-order chi connectivity index (χ0) is 17.1. The lowest BCUT2D eigenvalue weighted by Gasteiger charge is -2.24. The van der Waals surface area contributed by atoms with Gasteiger partial charge in [-0.25, -0.2) is 4.68 Å². The van der Waals surface area contributed by atoms with Crippen LogP contribution in [0.5, 0.6) is 0 Å². The number of unbranched alkanes of at least 4 members (excludes halogenated alkanes) is 1. The largest absolute Gasteiger partial charge is 0.328 e. The van der Waals surface area contributed by atoms with Crippen LogP contribution < -0.4 is 16.2 Å². The molecule has 6 nitrogen and oxygen atoms in total. The number of hydrogen-bond donors (Lipinski definition) is 1. The summed E-state index contributed by atoms with van der Waals surface area (Å²) in [6.45, 7) is 2.95. The molecule has 0 radical (unpaired) electrons. The highest BCUT2D eigenvalue weighted by Gasteiger charge is 2.34. The number of fused-ring (bicyclic) bond motifs is 1. The maximum atomic E-state index is 13.0. The summed E-state index contributed by atoms with van der Waals surface area (Å²) in [4.78, 5) is 26.6. The van der Waals surface area contributed by atoms with Crippen molar-refractivity contribution in [1.29, 1.82) is 0 Å². The first-order chi connectivity index (χ1) is 11.7. The Hall–Kier alpha value is -2.47. The smallest absolute Gasteiger partial charge is 0.279 e. The molecule has 0 aliphatic carbocycles. The predicted octanol–water partition coefficient (Wildman–Crippen LogP) is 1.57. The molecule has 1 amide bonds. The minimum absolute atomic E-state index is 0.0762. The fourth-order valence-electron chi connectivity index (χ4n) is 3.08. The van der Waals surface area contributed by atoms with Gasteiger partial charge in [-0.15, -0.1) is 0 Å². The third-order valence-electron chi connectivity index (χ3n) is 4.37. The predicted molar refractivity (Wildman–Crippen MR) is 93.2 cm³/mol. The van der Waals surface area contributed by atoms with Crippen LogP contribution in [0.2, 0.25) is 0 Å². The van der Waals surface area contributed by atoms with Crippen LogP contribution in [0, 0.1) is 0 Å². The molecule has 1 aliphatic heterocycles. The van der Waals surface area contributed by atoms with Crippen molar-refractivity contribution in [3.05, 3.63) is 58.0 Å². The van der Waals surface area contributed by atoms with Gasteiger partial charge in [-0.2, -0.15) is 5.10 Å². The van der Waals surface area contributed by atoms with Crippen LogP contribution in [-0.2, 0) is 13.0 Å². The number of amides is 1. The number of aromatic nitrogens is 2. The number of carbonyl (C=O) groups excluding carboxylic acids is 1. The normalized spacial score (nSPS) is 16.2. The monoisotopic (exact) mass is 326 g/mol. The molecule has 2 aromatic rings. The van der Waals surface area contributed by atoms with Crippen LogP contribution in [-0.4, -0.2) is 28.3 Å². The molecule has 0 spiro atoms. The van der Waals surface area contributed by atoms with Gasteiger partial charge in [0.15, 0.2) is 0 Å². The molecule has 1 aromatic heterocycles. The highest BCUT2D eigenvalue weighted by atomic mass is 16.2. The Kier molecular flexibility index (Phi) is 4.76. The summed E-state index contributed by atoms with van der Waals surface area (Å²) in [6, 6.07) is 10.7. The molecule has 0 saturated heterocycles. The molecule has 6 heteroatoms. The van der Waals surface area contributed by atoms with Gasteiger partial charge in [0.25, 0.3) is 11.5 Å². The van der Waals surface area contributed by atoms with E-state index < -0.39 is 0 Å². The fourth-order valence-corrected chi connectivity index (χ4v) is 3.08. The summed E-state index contributed by atoms with van der Waals surface area (Å²) in [5, 5.41) is 4.27. The molecule has 1 aromatic carbocycles. The molecule has 0 fully saturated rings. The Labute approximate surface area is 140 Å². The molecule has 1 atom stereocenters. The van der Waals surface area contributed by atoms with Gasteiger partial charge in [-0.05, 0) is 30.5 Å². The Morgan fingerprint density at radius 1 is 1.29 bits per heavy atom. The molecule has 126 valence electrons. The topological polar surface area (TPSA) is 81.2 Å². The maximum Gasteiger partial charge on any atom is 0.279 e. The second-order valence-electron chi connectivity index (χ2n) is 6.03. The lowest BCUT2D eigenvalue weighted by molar-refractivity contribution is 0.0973. The summed E-state index contributed by atoms with van der Waals surface area (Å²) in [6.07, 6.45) is 2.55. The lowest BCUT2D eigenvalue weighted by Crippen LogP contribution is -2.43. The van der Waals surface area contributed by atoms with Crippen molar-refractivity contribution in [1.82, 2.24) is 9.78 Å². The number of benzene rings is 1. The van der Waals surface area contributed by atoms with E-state index >= 15 is 0 Å². The van der Waals surface area contributed by atoms with Crippen molar-refractivity contribution >= 4 is 11.6 Å². The summed E-state index contributed by atoms with van der Waals surface area (Å²) in [5.74, 6) is -0.208. The summed E-state index contributed by atoms with van der Waals surface area (Å²) in [5.41, 5.74) is 7.96. The molecule has 2 N–H and O–H groups in total. The van der Waals surface area contributed by atoms with Gasteiger partial charge in [0.05, 0.1) is 6.04 Å². The number of rotatable bonds is 5. The van der Waals surface area contributed by atoms with Crippen LogP contribution in [0.4, 0.5) is 5.69 Å². The van der Waals surface area contributed by atoms with Gasteiger partial charge in [-0.3, -0.25) is 9.59 Å². The van der Waals surface area contributed by atoms with Crippen molar-refractivity contribution in [2.75, 3.05) is 11.4 Å². The molecular weight excluding hydrogens is 304 g/mol. The minimum Gasteiger partial charge on any atom is -0.328 e. The van der Waals surface area contributed by atoms with Crippen molar-refractivity contribution in [2.45, 2.75) is 38.8 Å². The van der Waals surface area contributed by atoms with E-state index in [1.165, 1.54) is 16.8 Å². The quantitative estimate of drug-likeness (QED) is 0.904. The first kappa shape index (κ1) is 16.4. The van der Waals surface area contributed by atoms with E-state index in [0.29, 0.717) is 13.1 Å². The van der Waals surface area contributed by atoms with Gasteiger partial charge in [0.2, 0.25) is 0 Å². The van der Waals surface area contributed by atoms with Crippen LogP contribution in [0.15, 0.2) is 41.2 Å². The Balaban J connectivity index is 1.95. The standard InChI is InChI=1S/C18H22N4O2/c1-2-3-10-21-17(23)9-8-15(20-21)18(24)22-14(12-19)11-13-6-4-5-7-16(13)22/h4-9,14H,2-3,10-12,19H2,1H3. The number of nitrogens with zero attached hydrogens (tertiary/aromatic N) is 3. The summed E-state index contributed by atoms with van der Waals surface area (Å²) >= 11 is 0. The molecular formula is C18H22N4O2. The van der Waals surface area contributed by atoms with E-state index in [1.807, 2.05) is 31.2 Å². The van der Waals surface area contributed by atoms with Gasteiger partial charge in [0.1, 0.15) is 5.69 Å². The number of nitrogens with two attached hydrogens (primary N) is 1. The van der Waals surface area contributed by atoms with E-state index in [4.69, 9.17) is 5.73 Å². The van der Waals surface area contributed by atoms with Crippen LogP contribution in [0.1, 0.15) is 35.8 Å². The second kappa shape index (κ2) is 6.97. The van der Waals surface area contributed by atoms with Crippen molar-refractivity contribution < 1.29 is 4.79 Å². The van der Waals surface area contributed by atoms with Gasteiger partial charge in [-0.1, -0.05) is 31.5 Å². The zero-order valence-electron chi connectivity index (χ0n) is 13.8. The number of aryl methyl sites for hydroxylation is 1. The first-order valence-corrected chi connectivity index (χ1v) is 8.35. The van der Waals surface area contributed by atoms with Crippen LogP contribution >= 0.6 is 0 Å². The average molecular weight is 326 g/mol. The average Bonchev–Trinajstić information content (AvgIpc) is 2.99. The molecule has 24 heavy (non-hydrogen) atoms. The van der Waals surface area contributed by atoms with E-state index in [1.54, 1.807) is 4.90 Å². The third-order valence-corrected chi connectivity index (χ3v) is 4.37. The summed E-state index contributed by atoms with van der Waals surface area (Å²) < 4.78 is 1.37. The van der Waals surface area contributed by atoms with E-state index in [9.17, 15) is 9.59 Å². The Bertz CT molecular complexity index is 800. The first-order valence-electron chi connectivity index (χ1n) is 8.35. The number of para-hydroxylation sites is 1. The second-order valence-corrected chi connectivity index (χ2v) is 6.03. The van der Waals surface area contributed by atoms with Gasteiger partial charge >= 0.3 is 0 Å². The van der Waals surface area contributed by atoms with Crippen molar-refractivity contribution in [3.63, 3.8) is 0 Å². The fraction of sp³-hybridized carbons (Fsp3) is 0.389. The lowest BCUT2D eigenvalue weighted by atomic mass is 10.1. The molecule has 0 bridgehead atoms. The number of carbonyl (C=O) groups is 1. The van der Waals surface area contributed by atoms with E-state index in [2.05, 4.69) is 5.10 Å².